The van der Waals surface area contributed by atoms with E-state index in [1.807, 2.05) is 12.3 Å². The van der Waals surface area contributed by atoms with Gasteiger partial charge in [0, 0.05) is 18.8 Å². The van der Waals surface area contributed by atoms with E-state index in [-0.39, 0.29) is 0 Å². The summed E-state index contributed by atoms with van der Waals surface area (Å²) >= 11 is 1.70. The lowest BCUT2D eigenvalue weighted by Gasteiger charge is -2.14. The van der Waals surface area contributed by atoms with Crippen molar-refractivity contribution < 1.29 is 0 Å². The van der Waals surface area contributed by atoms with Gasteiger partial charge < -0.3 is 10.2 Å². The number of benzene rings is 1. The highest BCUT2D eigenvalue weighted by Crippen LogP contribution is 2.35. The molecule has 0 unspecified atom stereocenters. The van der Waals surface area contributed by atoms with Crippen molar-refractivity contribution in [3.8, 4) is 0 Å². The van der Waals surface area contributed by atoms with Gasteiger partial charge in [-0.15, -0.1) is 0 Å². The summed E-state index contributed by atoms with van der Waals surface area (Å²) in [6.45, 7) is 2.89. The van der Waals surface area contributed by atoms with E-state index in [2.05, 4.69) is 65.6 Å². The Morgan fingerprint density at radius 3 is 2.65 bits per heavy atom. The molecule has 0 bridgehead atoms. The van der Waals surface area contributed by atoms with Crippen LogP contribution in [0, 0.1) is 6.92 Å². The van der Waals surface area contributed by atoms with Gasteiger partial charge in [0.25, 0.3) is 0 Å². The second-order valence-corrected chi connectivity index (χ2v) is 5.86. The minimum atomic E-state index is 0.832. The highest BCUT2D eigenvalue weighted by atomic mass is 32.2. The van der Waals surface area contributed by atoms with Crippen LogP contribution >= 0.6 is 11.8 Å². The third kappa shape index (κ3) is 2.65. The van der Waals surface area contributed by atoms with Crippen molar-refractivity contribution in [1.29, 1.82) is 0 Å². The average molecular weight is 283 g/mol. The van der Waals surface area contributed by atoms with E-state index >= 15 is 0 Å². The first-order valence-electron chi connectivity index (χ1n) is 6.59. The van der Waals surface area contributed by atoms with Gasteiger partial charge in [0.15, 0.2) is 0 Å². The summed E-state index contributed by atoms with van der Waals surface area (Å²) < 4.78 is 0. The fourth-order valence-electron chi connectivity index (χ4n) is 2.11. The molecule has 4 heteroatoms. The molecule has 0 saturated heterocycles. The summed E-state index contributed by atoms with van der Waals surface area (Å²) in [5.74, 6) is 0. The zero-order valence-corrected chi connectivity index (χ0v) is 12.4. The molecule has 3 rings (SSSR count). The Hall–Kier alpha value is -1.94. The van der Waals surface area contributed by atoms with Gasteiger partial charge in [0.05, 0.1) is 12.4 Å². The van der Waals surface area contributed by atoms with Gasteiger partial charge in [-0.2, -0.15) is 0 Å². The fourth-order valence-corrected chi connectivity index (χ4v) is 3.06. The standard InChI is InChI=1S/C16H17N3S/c1-12-8-9-14(17-10-12)20-16-15(18-11-19(16)2)13-6-4-3-5-7-13/h3-10,18H,11H2,1-2H3. The SMILES string of the molecule is Cc1ccc(SC2=C(c3ccccc3)NCN2C)nc1. The van der Waals surface area contributed by atoms with Crippen LogP contribution in [0.15, 0.2) is 58.7 Å². The zero-order valence-electron chi connectivity index (χ0n) is 11.6. The highest BCUT2D eigenvalue weighted by molar-refractivity contribution is 8.03. The van der Waals surface area contributed by atoms with E-state index in [1.165, 1.54) is 21.9 Å². The Kier molecular flexibility index (Phi) is 3.65. The zero-order chi connectivity index (χ0) is 13.9. The van der Waals surface area contributed by atoms with Crippen molar-refractivity contribution in [1.82, 2.24) is 15.2 Å². The van der Waals surface area contributed by atoms with Crippen LogP contribution in [0.25, 0.3) is 5.70 Å². The number of nitrogens with zero attached hydrogens (tertiary/aromatic N) is 2. The van der Waals surface area contributed by atoms with E-state index < -0.39 is 0 Å². The molecule has 2 aromatic rings. The normalized spacial score (nSPS) is 14.6. The maximum atomic E-state index is 4.48. The molecule has 102 valence electrons. The monoisotopic (exact) mass is 283 g/mol. The Morgan fingerprint density at radius 1 is 1.15 bits per heavy atom. The van der Waals surface area contributed by atoms with Gasteiger partial charge in [-0.3, -0.25) is 0 Å². The van der Waals surface area contributed by atoms with Gasteiger partial charge >= 0.3 is 0 Å². The Bertz CT molecular complexity index is 620. The summed E-state index contributed by atoms with van der Waals surface area (Å²) in [4.78, 5) is 6.70. The molecule has 0 aliphatic carbocycles. The number of nitrogens with one attached hydrogen (secondary N) is 1. The third-order valence-corrected chi connectivity index (χ3v) is 4.36. The summed E-state index contributed by atoms with van der Waals surface area (Å²) in [6.07, 6.45) is 1.91. The van der Waals surface area contributed by atoms with Crippen LogP contribution in [-0.2, 0) is 0 Å². The molecule has 1 aromatic carbocycles. The predicted molar refractivity (Wildman–Crippen MR) is 84.0 cm³/mol. The first-order chi connectivity index (χ1) is 9.74. The van der Waals surface area contributed by atoms with Crippen LogP contribution in [-0.4, -0.2) is 23.6 Å². The minimum absolute atomic E-state index is 0.832. The molecule has 1 aromatic heterocycles. The van der Waals surface area contributed by atoms with E-state index in [0.717, 1.165) is 11.7 Å². The maximum absolute atomic E-state index is 4.48. The summed E-state index contributed by atoms with van der Waals surface area (Å²) in [6, 6.07) is 14.6. The van der Waals surface area contributed by atoms with Crippen molar-refractivity contribution in [2.45, 2.75) is 11.9 Å². The Balaban J connectivity index is 1.93. The molecule has 3 nitrogen and oxygen atoms in total. The highest BCUT2D eigenvalue weighted by Gasteiger charge is 2.21. The molecule has 0 atom stereocenters. The molecular weight excluding hydrogens is 266 g/mol. The van der Waals surface area contributed by atoms with Crippen molar-refractivity contribution in [2.75, 3.05) is 13.7 Å². The number of aromatic nitrogens is 1. The third-order valence-electron chi connectivity index (χ3n) is 3.20. The maximum Gasteiger partial charge on any atom is 0.102 e. The lowest BCUT2D eigenvalue weighted by atomic mass is 10.2. The number of hydrogen-bond acceptors (Lipinski definition) is 4. The van der Waals surface area contributed by atoms with Crippen molar-refractivity contribution >= 4 is 17.5 Å². The molecular formula is C16H17N3S. The molecule has 1 N–H and O–H groups in total. The topological polar surface area (TPSA) is 28.2 Å². The van der Waals surface area contributed by atoms with Gasteiger partial charge in [0.2, 0.25) is 0 Å². The molecule has 1 aliphatic heterocycles. The second kappa shape index (κ2) is 5.59. The molecule has 0 amide bonds. The molecule has 2 heterocycles. The van der Waals surface area contributed by atoms with Gasteiger partial charge in [-0.25, -0.2) is 4.98 Å². The number of rotatable bonds is 3. The van der Waals surface area contributed by atoms with Gasteiger partial charge in [-0.05, 0) is 18.6 Å². The smallest absolute Gasteiger partial charge is 0.102 e. The van der Waals surface area contributed by atoms with E-state index in [4.69, 9.17) is 0 Å². The van der Waals surface area contributed by atoms with Crippen LogP contribution < -0.4 is 5.32 Å². The Labute approximate surface area is 123 Å². The summed E-state index contributed by atoms with van der Waals surface area (Å²) in [5, 5.41) is 5.70. The molecule has 20 heavy (non-hydrogen) atoms. The number of aryl methyl sites for hydroxylation is 1. The molecule has 0 saturated carbocycles. The molecule has 1 aliphatic rings. The van der Waals surface area contributed by atoms with Crippen molar-refractivity contribution in [3.05, 3.63) is 64.8 Å². The van der Waals surface area contributed by atoms with E-state index in [0.29, 0.717) is 0 Å². The van der Waals surface area contributed by atoms with E-state index in [1.54, 1.807) is 11.8 Å². The van der Waals surface area contributed by atoms with Crippen LogP contribution in [0.1, 0.15) is 11.1 Å². The number of thioether (sulfide) groups is 1. The quantitative estimate of drug-likeness (QED) is 0.935. The predicted octanol–water partition coefficient (Wildman–Crippen LogP) is 3.30. The molecule has 0 spiro atoms. The number of pyridine rings is 1. The second-order valence-electron chi connectivity index (χ2n) is 4.85. The summed E-state index contributed by atoms with van der Waals surface area (Å²) in [7, 11) is 2.10. The summed E-state index contributed by atoms with van der Waals surface area (Å²) in [5.41, 5.74) is 3.58. The largest absolute Gasteiger partial charge is 0.365 e. The van der Waals surface area contributed by atoms with Crippen molar-refractivity contribution in [3.63, 3.8) is 0 Å². The molecule has 0 fully saturated rings. The molecule has 0 radical (unpaired) electrons. The lowest BCUT2D eigenvalue weighted by molar-refractivity contribution is 0.466. The van der Waals surface area contributed by atoms with E-state index in [9.17, 15) is 0 Å². The van der Waals surface area contributed by atoms with Crippen molar-refractivity contribution in [2.24, 2.45) is 0 Å². The van der Waals surface area contributed by atoms with Crippen LogP contribution in [0.3, 0.4) is 0 Å². The average Bonchev–Trinajstić information content (AvgIpc) is 2.84. The Morgan fingerprint density at radius 2 is 1.95 bits per heavy atom. The van der Waals surface area contributed by atoms with Crippen LogP contribution in [0.4, 0.5) is 0 Å². The first kappa shape index (κ1) is 13.1. The van der Waals surface area contributed by atoms with Crippen LogP contribution in [0.2, 0.25) is 0 Å². The minimum Gasteiger partial charge on any atom is -0.365 e. The van der Waals surface area contributed by atoms with Gasteiger partial charge in [0.1, 0.15) is 10.1 Å². The first-order valence-corrected chi connectivity index (χ1v) is 7.41. The number of hydrogen-bond donors (Lipinski definition) is 1. The fraction of sp³-hybridized carbons (Fsp3) is 0.188. The van der Waals surface area contributed by atoms with Crippen LogP contribution in [0.5, 0.6) is 0 Å². The lowest BCUT2D eigenvalue weighted by Crippen LogP contribution is -2.18. The van der Waals surface area contributed by atoms with Gasteiger partial charge in [-0.1, -0.05) is 48.2 Å².